The Morgan fingerprint density at radius 3 is 0.571 bits per heavy atom. The van der Waals surface area contributed by atoms with E-state index in [2.05, 4.69) is 243 Å². The molecule has 2 bridgehead atoms. The van der Waals surface area contributed by atoms with Crippen LogP contribution in [-0.4, -0.2) is 11.6 Å². The van der Waals surface area contributed by atoms with Crippen LogP contribution in [0.4, 0.5) is 0 Å². The third-order valence-corrected chi connectivity index (χ3v) is 21.2. The molecule has 0 saturated heterocycles. The molecule has 2 atom stereocenters. The van der Waals surface area contributed by atoms with Crippen LogP contribution in [0.5, 0.6) is 0 Å². The first kappa shape index (κ1) is 42.3. The SMILES string of the molecule is c1ccc([PH+](OC2(O[PH+](c3ccccc3)c3ccccc3)C3CCC(C3)C2(O[PH+](c2ccccc2)c2ccccc2)O[PH+](c2ccccc2)c2ccccc2)c2ccccc2)cc1. The van der Waals surface area contributed by atoms with Gasteiger partial charge < -0.3 is 0 Å². The summed E-state index contributed by atoms with van der Waals surface area (Å²) >= 11 is 0. The summed E-state index contributed by atoms with van der Waals surface area (Å²) in [4.78, 5) is 0. The fourth-order valence-electron chi connectivity index (χ4n) is 9.36. The van der Waals surface area contributed by atoms with Gasteiger partial charge in [0.25, 0.3) is 0 Å². The summed E-state index contributed by atoms with van der Waals surface area (Å²) in [7, 11) is -8.05. The van der Waals surface area contributed by atoms with Crippen molar-refractivity contribution in [3.63, 3.8) is 0 Å². The van der Waals surface area contributed by atoms with Crippen LogP contribution in [-0.2, 0) is 18.1 Å². The molecule has 2 saturated carbocycles. The van der Waals surface area contributed by atoms with Gasteiger partial charge in [-0.15, -0.1) is 0 Å². The predicted molar refractivity (Wildman–Crippen MR) is 273 cm³/mol. The van der Waals surface area contributed by atoms with Crippen molar-refractivity contribution in [1.29, 1.82) is 0 Å². The van der Waals surface area contributed by atoms with E-state index in [9.17, 15) is 0 Å². The van der Waals surface area contributed by atoms with Gasteiger partial charge in [0.2, 0.25) is 32.6 Å². The van der Waals surface area contributed by atoms with Crippen LogP contribution in [0, 0.1) is 11.8 Å². The molecule has 63 heavy (non-hydrogen) atoms. The van der Waals surface area contributed by atoms with Crippen molar-refractivity contribution in [2.24, 2.45) is 11.8 Å². The molecule has 8 aromatic rings. The predicted octanol–water partition coefficient (Wildman–Crippen LogP) is 10.00. The van der Waals surface area contributed by atoms with Crippen LogP contribution in [0.1, 0.15) is 19.3 Å². The third-order valence-electron chi connectivity index (χ3n) is 12.3. The second-order valence-electron chi connectivity index (χ2n) is 16.2. The van der Waals surface area contributed by atoms with Gasteiger partial charge in [-0.1, -0.05) is 146 Å². The molecule has 0 aromatic heterocycles. The molecule has 0 N–H and O–H groups in total. The largest absolute Gasteiger partial charge is 0.314 e. The summed E-state index contributed by atoms with van der Waals surface area (Å²) in [5.74, 6) is -2.72. The highest BCUT2D eigenvalue weighted by Gasteiger charge is 2.82. The normalized spacial score (nSPS) is 17.5. The Morgan fingerprint density at radius 1 is 0.254 bits per heavy atom. The van der Waals surface area contributed by atoms with Gasteiger partial charge in [0.05, 0.1) is 0 Å². The average Bonchev–Trinajstić information content (AvgIpc) is 3.96. The molecule has 10 rings (SSSR count). The minimum atomic E-state index is -2.01. The topological polar surface area (TPSA) is 36.9 Å². The zero-order valence-electron chi connectivity index (χ0n) is 35.0. The number of benzene rings is 8. The molecule has 0 amide bonds. The zero-order chi connectivity index (χ0) is 42.3. The van der Waals surface area contributed by atoms with Gasteiger partial charge in [-0.05, 0) is 116 Å². The molecule has 8 aromatic carbocycles. The van der Waals surface area contributed by atoms with E-state index in [1.807, 2.05) is 0 Å². The lowest BCUT2D eigenvalue weighted by Gasteiger charge is -2.45. The Hall–Kier alpha value is -4.68. The molecule has 0 radical (unpaired) electrons. The molecule has 0 aliphatic heterocycles. The smallest absolute Gasteiger partial charge is 0.185 e. The lowest BCUT2D eigenvalue weighted by Crippen LogP contribution is -2.63. The summed E-state index contributed by atoms with van der Waals surface area (Å²) in [6.45, 7) is 0. The average molecular weight is 901 g/mol. The van der Waals surface area contributed by atoms with Crippen LogP contribution < -0.4 is 42.4 Å². The van der Waals surface area contributed by atoms with E-state index in [4.69, 9.17) is 18.1 Å². The van der Waals surface area contributed by atoms with Crippen molar-refractivity contribution in [1.82, 2.24) is 0 Å². The third kappa shape index (κ3) is 8.78. The fourth-order valence-corrected chi connectivity index (χ4v) is 18.4. The standard InChI is InChI=1S/C55H48O4P4/c1-9-25-46(26-10-1)60(47-27-11-2-12-28-47)56-54(57-61(48-29-13-3-14-30-48)49-31-15-4-16-32-49)44-41-42-45(43-44)55(54,58-62(50-33-17-5-18-34-50)51-35-19-6-20-36-51)59-63(52-37-21-7-22-38-52)53-39-23-8-24-40-53/h1-40,44-45H,41-43H2/p+4. The molecule has 2 fully saturated rings. The van der Waals surface area contributed by atoms with E-state index >= 15 is 0 Å². The molecule has 2 aliphatic carbocycles. The van der Waals surface area contributed by atoms with Gasteiger partial charge in [-0.3, -0.25) is 0 Å². The Balaban J connectivity index is 1.27. The van der Waals surface area contributed by atoms with Crippen LogP contribution in [0.3, 0.4) is 0 Å². The van der Waals surface area contributed by atoms with Crippen molar-refractivity contribution in [2.75, 3.05) is 0 Å². The number of rotatable bonds is 16. The zero-order valence-corrected chi connectivity index (χ0v) is 39.0. The monoisotopic (exact) mass is 900 g/mol. The lowest BCUT2D eigenvalue weighted by atomic mass is 9.88. The number of hydrogen-bond acceptors (Lipinski definition) is 4. The van der Waals surface area contributed by atoms with Crippen molar-refractivity contribution in [3.8, 4) is 0 Å². The van der Waals surface area contributed by atoms with E-state index in [0.717, 1.165) is 61.7 Å². The van der Waals surface area contributed by atoms with E-state index in [1.165, 1.54) is 0 Å². The Labute approximate surface area is 376 Å². The highest BCUT2D eigenvalue weighted by molar-refractivity contribution is 7.70. The summed E-state index contributed by atoms with van der Waals surface area (Å²) in [6.07, 6.45) is 2.73. The maximum Gasteiger partial charge on any atom is 0.314 e. The molecular weight excluding hydrogens is 848 g/mol. The molecule has 0 spiro atoms. The molecular formula is C55H52O4P4+4. The molecule has 2 unspecified atom stereocenters. The maximum absolute atomic E-state index is 8.33. The maximum atomic E-state index is 8.33. The van der Waals surface area contributed by atoms with E-state index in [-0.39, 0.29) is 11.8 Å². The van der Waals surface area contributed by atoms with Crippen LogP contribution in [0.25, 0.3) is 0 Å². The van der Waals surface area contributed by atoms with E-state index < -0.39 is 44.2 Å². The number of hydrogen-bond donors (Lipinski definition) is 0. The van der Waals surface area contributed by atoms with Gasteiger partial charge in [0, 0.05) is 11.8 Å². The summed E-state index contributed by atoms with van der Waals surface area (Å²) in [5.41, 5.74) is 0. The van der Waals surface area contributed by atoms with E-state index in [0.29, 0.717) is 0 Å². The number of fused-ring (bicyclic) bond motifs is 2. The molecule has 0 heterocycles. The second kappa shape index (κ2) is 19.6. The first-order valence-corrected chi connectivity index (χ1v) is 27.5. The highest BCUT2D eigenvalue weighted by atomic mass is 31.1. The quantitative estimate of drug-likeness (QED) is 0.0716. The van der Waals surface area contributed by atoms with Crippen LogP contribution in [0.15, 0.2) is 243 Å². The van der Waals surface area contributed by atoms with Gasteiger partial charge in [0.15, 0.2) is 0 Å². The second-order valence-corrected chi connectivity index (χ2v) is 24.3. The Bertz CT molecular complexity index is 2120. The van der Waals surface area contributed by atoms with Gasteiger partial charge in [-0.25, -0.2) is 0 Å². The summed E-state index contributed by atoms with van der Waals surface area (Å²) < 4.78 is 33.3. The Morgan fingerprint density at radius 2 is 0.413 bits per heavy atom. The first-order valence-electron chi connectivity index (χ1n) is 21.9. The van der Waals surface area contributed by atoms with Gasteiger partial charge in [-0.2, -0.15) is 18.1 Å². The summed E-state index contributed by atoms with van der Waals surface area (Å²) in [5, 5.41) is 9.18. The molecule has 4 nitrogen and oxygen atoms in total. The lowest BCUT2D eigenvalue weighted by molar-refractivity contribution is -0.317. The van der Waals surface area contributed by atoms with Crippen molar-refractivity contribution >= 4 is 75.0 Å². The van der Waals surface area contributed by atoms with Crippen LogP contribution in [0.2, 0.25) is 0 Å². The molecule has 312 valence electrons. The van der Waals surface area contributed by atoms with Gasteiger partial charge in [0.1, 0.15) is 42.4 Å². The minimum absolute atomic E-state index is 0.0213. The minimum Gasteiger partial charge on any atom is -0.185 e. The Kier molecular flexibility index (Phi) is 13.2. The van der Waals surface area contributed by atoms with Crippen molar-refractivity contribution < 1.29 is 18.1 Å². The van der Waals surface area contributed by atoms with Crippen LogP contribution >= 0.6 is 32.6 Å². The molecule has 2 aliphatic rings. The fraction of sp³-hybridized carbons (Fsp3) is 0.127. The molecule has 8 heteroatoms. The summed E-state index contributed by atoms with van der Waals surface area (Å²) in [6, 6.07) is 86.2. The van der Waals surface area contributed by atoms with Gasteiger partial charge >= 0.3 is 11.6 Å². The van der Waals surface area contributed by atoms with E-state index in [1.54, 1.807) is 0 Å². The first-order chi connectivity index (χ1) is 31.2. The highest BCUT2D eigenvalue weighted by Crippen LogP contribution is 2.71. The van der Waals surface area contributed by atoms with Crippen molar-refractivity contribution in [2.45, 2.75) is 30.8 Å². The van der Waals surface area contributed by atoms with Crippen molar-refractivity contribution in [3.05, 3.63) is 243 Å².